The summed E-state index contributed by atoms with van der Waals surface area (Å²) in [6.45, 7) is 0.105. The molecule has 0 aliphatic heterocycles. The first-order chi connectivity index (χ1) is 11.1. The number of hydrogen-bond donors (Lipinski definition) is 2. The molecule has 0 aliphatic rings. The molecule has 0 fully saturated rings. The van der Waals surface area contributed by atoms with Crippen LogP contribution in [0.15, 0.2) is 60.7 Å². The number of nitrogens with one attached hydrogen (secondary N) is 1. The van der Waals surface area contributed by atoms with Crippen molar-refractivity contribution in [1.29, 1.82) is 0 Å². The number of rotatable bonds is 7. The van der Waals surface area contributed by atoms with E-state index in [0.717, 1.165) is 5.56 Å². The topological polar surface area (TPSA) is 84.9 Å². The number of benzene rings is 2. The molecule has 0 radical (unpaired) electrons. The molecule has 120 valence electrons. The molecule has 0 spiro atoms. The number of carbonyl (C=O) groups is 2. The van der Waals surface area contributed by atoms with Crippen LogP contribution in [0.25, 0.3) is 0 Å². The molecule has 2 aromatic rings. The lowest BCUT2D eigenvalue weighted by Gasteiger charge is -2.14. The molecule has 1 amide bonds. The molecule has 6 nitrogen and oxygen atoms in total. The van der Waals surface area contributed by atoms with Gasteiger partial charge in [-0.15, -0.1) is 0 Å². The fraction of sp³-hybridized carbons (Fsp3) is 0.176. The zero-order chi connectivity index (χ0) is 16.5. The number of ether oxygens (including phenoxy) is 2. The second kappa shape index (κ2) is 8.55. The van der Waals surface area contributed by atoms with Crippen molar-refractivity contribution in [3.63, 3.8) is 0 Å². The van der Waals surface area contributed by atoms with Gasteiger partial charge in [0.1, 0.15) is 5.75 Å². The number of para-hydroxylation sites is 1. The molecule has 0 aromatic heterocycles. The van der Waals surface area contributed by atoms with Gasteiger partial charge in [0.2, 0.25) is 0 Å². The van der Waals surface area contributed by atoms with E-state index in [-0.39, 0.29) is 13.2 Å². The van der Waals surface area contributed by atoms with Crippen molar-refractivity contribution in [2.75, 3.05) is 6.61 Å². The van der Waals surface area contributed by atoms with Crippen molar-refractivity contribution in [3.8, 4) is 5.75 Å². The Kier molecular flexibility index (Phi) is 6.14. The van der Waals surface area contributed by atoms with Gasteiger partial charge in [0.25, 0.3) is 0 Å². The lowest BCUT2D eigenvalue weighted by molar-refractivity contribution is -0.141. The summed E-state index contributed by atoms with van der Waals surface area (Å²) in [6, 6.07) is 16.6. The molecule has 1 atom stereocenters. The number of aliphatic carboxylic acids is 1. The van der Waals surface area contributed by atoms with Crippen molar-refractivity contribution in [2.24, 2.45) is 0 Å². The van der Waals surface area contributed by atoms with Crippen LogP contribution < -0.4 is 10.1 Å². The summed E-state index contributed by atoms with van der Waals surface area (Å²) >= 11 is 0. The Labute approximate surface area is 133 Å². The van der Waals surface area contributed by atoms with Crippen LogP contribution in [0.2, 0.25) is 0 Å². The summed E-state index contributed by atoms with van der Waals surface area (Å²) in [5.41, 5.74) is 0.920. The zero-order valence-electron chi connectivity index (χ0n) is 12.3. The molecule has 0 bridgehead atoms. The van der Waals surface area contributed by atoms with E-state index in [4.69, 9.17) is 14.6 Å². The van der Waals surface area contributed by atoms with Gasteiger partial charge in [0.05, 0.1) is 13.2 Å². The average Bonchev–Trinajstić information content (AvgIpc) is 2.55. The Hall–Kier alpha value is -2.86. The molecular formula is C17H17NO5. The summed E-state index contributed by atoms with van der Waals surface area (Å²) < 4.78 is 10.3. The van der Waals surface area contributed by atoms with E-state index in [1.54, 1.807) is 30.3 Å². The molecule has 2 rings (SSSR count). The Bertz CT molecular complexity index is 630. The number of carboxylic acids is 1. The number of amides is 1. The molecule has 0 heterocycles. The highest BCUT2D eigenvalue weighted by atomic mass is 16.6. The van der Waals surface area contributed by atoms with Crippen molar-refractivity contribution >= 4 is 12.1 Å². The third-order valence-electron chi connectivity index (χ3n) is 2.94. The van der Waals surface area contributed by atoms with E-state index in [0.29, 0.717) is 5.75 Å². The van der Waals surface area contributed by atoms with E-state index in [9.17, 15) is 9.59 Å². The van der Waals surface area contributed by atoms with Gasteiger partial charge in [0, 0.05) is 0 Å². The Morgan fingerprint density at radius 2 is 1.61 bits per heavy atom. The Morgan fingerprint density at radius 3 is 2.22 bits per heavy atom. The van der Waals surface area contributed by atoms with E-state index in [1.807, 2.05) is 30.3 Å². The van der Waals surface area contributed by atoms with Crippen LogP contribution in [-0.2, 0) is 16.1 Å². The van der Waals surface area contributed by atoms with Crippen LogP contribution >= 0.6 is 0 Å². The van der Waals surface area contributed by atoms with Gasteiger partial charge in [-0.3, -0.25) is 0 Å². The van der Waals surface area contributed by atoms with Crippen LogP contribution in [-0.4, -0.2) is 29.8 Å². The maximum absolute atomic E-state index is 11.7. The molecular weight excluding hydrogens is 298 g/mol. The first-order valence-electron chi connectivity index (χ1n) is 7.03. The summed E-state index contributed by atoms with van der Waals surface area (Å²) in [6.07, 6.45) is -0.841. The minimum absolute atomic E-state index is 0.159. The van der Waals surface area contributed by atoms with Crippen LogP contribution in [0.3, 0.4) is 0 Å². The summed E-state index contributed by atoms with van der Waals surface area (Å²) in [5, 5.41) is 11.4. The predicted molar refractivity (Wildman–Crippen MR) is 83.1 cm³/mol. The van der Waals surface area contributed by atoms with Gasteiger partial charge >= 0.3 is 12.1 Å². The normalized spacial score (nSPS) is 11.5. The maximum Gasteiger partial charge on any atom is 0.413 e. The van der Waals surface area contributed by atoms with Gasteiger partial charge in [-0.05, 0) is 17.7 Å². The van der Waals surface area contributed by atoms with Crippen molar-refractivity contribution in [2.45, 2.75) is 12.6 Å². The van der Waals surface area contributed by atoms with Crippen molar-refractivity contribution in [3.05, 3.63) is 66.2 Å². The quantitative estimate of drug-likeness (QED) is 0.820. The smallest absolute Gasteiger partial charge is 0.413 e. The minimum Gasteiger partial charge on any atom is -0.480 e. The maximum atomic E-state index is 11.7. The largest absolute Gasteiger partial charge is 0.480 e. The highest BCUT2D eigenvalue weighted by Crippen LogP contribution is 2.08. The van der Waals surface area contributed by atoms with Crippen LogP contribution in [0, 0.1) is 0 Å². The number of carbonyl (C=O) groups excluding carboxylic acids is 1. The highest BCUT2D eigenvalue weighted by molar-refractivity contribution is 5.80. The van der Waals surface area contributed by atoms with Crippen LogP contribution in [0.5, 0.6) is 5.75 Å². The molecule has 0 unspecified atom stereocenters. The number of hydrogen-bond acceptors (Lipinski definition) is 4. The molecule has 0 saturated heterocycles. The Balaban J connectivity index is 1.81. The molecule has 6 heteroatoms. The Morgan fingerprint density at radius 1 is 1.00 bits per heavy atom. The molecule has 23 heavy (non-hydrogen) atoms. The van der Waals surface area contributed by atoms with E-state index in [1.165, 1.54) is 0 Å². The van der Waals surface area contributed by atoms with Gasteiger partial charge in [-0.25, -0.2) is 9.59 Å². The number of carboxylic acid groups (broad SMARTS) is 1. The lowest BCUT2D eigenvalue weighted by Crippen LogP contribution is -2.45. The first-order valence-corrected chi connectivity index (χ1v) is 7.03. The second-order valence-corrected chi connectivity index (χ2v) is 4.74. The van der Waals surface area contributed by atoms with Gasteiger partial charge in [-0.2, -0.15) is 0 Å². The van der Waals surface area contributed by atoms with Crippen molar-refractivity contribution in [1.82, 2.24) is 5.32 Å². The summed E-state index contributed by atoms with van der Waals surface area (Å²) in [7, 11) is 0. The van der Waals surface area contributed by atoms with Gasteiger partial charge in [0.15, 0.2) is 6.04 Å². The lowest BCUT2D eigenvalue weighted by atomic mass is 10.2. The van der Waals surface area contributed by atoms with Crippen LogP contribution in [0.4, 0.5) is 4.79 Å². The van der Waals surface area contributed by atoms with Gasteiger partial charge < -0.3 is 19.9 Å². The predicted octanol–water partition coefficient (Wildman–Crippen LogP) is 2.45. The molecule has 0 saturated carbocycles. The highest BCUT2D eigenvalue weighted by Gasteiger charge is 2.21. The van der Waals surface area contributed by atoms with Crippen LogP contribution in [0.1, 0.15) is 5.56 Å². The summed E-state index contributed by atoms with van der Waals surface area (Å²) in [4.78, 5) is 22.9. The third-order valence-corrected chi connectivity index (χ3v) is 2.94. The standard InChI is InChI=1S/C17H17NO5/c19-16(20)15(12-22-11-13-7-3-1-4-8-13)18-17(21)23-14-9-5-2-6-10-14/h1-10,15H,11-12H2,(H,18,21)(H,19,20)/t15-/m0/s1. The van der Waals surface area contributed by atoms with Gasteiger partial charge in [-0.1, -0.05) is 48.5 Å². The van der Waals surface area contributed by atoms with E-state index < -0.39 is 18.1 Å². The SMILES string of the molecule is O=C(N[C@@H](COCc1ccccc1)C(=O)O)Oc1ccccc1. The van der Waals surface area contributed by atoms with Crippen molar-refractivity contribution < 1.29 is 24.2 Å². The summed E-state index contributed by atoms with van der Waals surface area (Å²) in [5.74, 6) is -0.859. The fourth-order valence-electron chi connectivity index (χ4n) is 1.81. The monoisotopic (exact) mass is 315 g/mol. The first kappa shape index (κ1) is 16.5. The molecule has 2 N–H and O–H groups in total. The van der Waals surface area contributed by atoms with E-state index in [2.05, 4.69) is 5.32 Å². The average molecular weight is 315 g/mol. The zero-order valence-corrected chi connectivity index (χ0v) is 12.3. The molecule has 0 aliphatic carbocycles. The second-order valence-electron chi connectivity index (χ2n) is 4.74. The fourth-order valence-corrected chi connectivity index (χ4v) is 1.81. The molecule has 2 aromatic carbocycles. The third kappa shape index (κ3) is 5.80. The minimum atomic E-state index is -1.19. The van der Waals surface area contributed by atoms with E-state index >= 15 is 0 Å².